The van der Waals surface area contributed by atoms with Gasteiger partial charge in [-0.25, -0.2) is 24.4 Å². The van der Waals surface area contributed by atoms with E-state index < -0.39 is 42.5 Å². The number of imidazole rings is 2. The first-order valence-corrected chi connectivity index (χ1v) is 23.8. The number of ether oxygens (including phenoxy) is 5. The number of hydrogen-bond donors (Lipinski definition) is 4. The Kier molecular flexibility index (Phi) is 13.7. The monoisotopic (exact) mass is 957 g/mol. The maximum Gasteiger partial charge on any atom is 0.410 e. The van der Waals surface area contributed by atoms with Crippen LogP contribution in [-0.4, -0.2) is 117 Å². The van der Waals surface area contributed by atoms with Crippen LogP contribution in [0.3, 0.4) is 0 Å². The van der Waals surface area contributed by atoms with Crippen LogP contribution in [0.4, 0.5) is 14.4 Å². The fourth-order valence-corrected chi connectivity index (χ4v) is 9.75. The van der Waals surface area contributed by atoms with Crippen molar-refractivity contribution >= 4 is 30.1 Å². The van der Waals surface area contributed by atoms with Crippen molar-refractivity contribution in [2.75, 3.05) is 34.1 Å². The Balaban J connectivity index is 0.875. The zero-order valence-electron chi connectivity index (χ0n) is 40.2. The Morgan fingerprint density at radius 2 is 1.16 bits per heavy atom. The number of aromatic nitrogens is 4. The SMILES string of the molecule is COC(=O)N[C@H](C(=O)N1C[C@@H](OC(=O)N2Cc3cc4c(cc3C2)OCO4)CC1c1ncc(-c2ccc(-c3ccc(-c4cnc([C@@H]5CCCCN5C(=O)[C@@H](NC(=O)OC)C(C)C)[nH]4)cc3)cc2)[nH]1)C(C)C. The van der Waals surface area contributed by atoms with Crippen molar-refractivity contribution in [2.45, 2.75) is 96.7 Å². The highest BCUT2D eigenvalue weighted by Gasteiger charge is 2.44. The minimum absolute atomic E-state index is 0.0970. The summed E-state index contributed by atoms with van der Waals surface area (Å²) >= 11 is 0. The minimum Gasteiger partial charge on any atom is -0.454 e. The molecule has 0 spiro atoms. The standard InChI is InChI=1S/C51H59N9O10/c1-28(2)43(56-49(63)66-5)47(61)59-18-8-7-9-39(59)45-52-22-37(54-45)32-14-10-30(11-15-32)31-12-16-33(17-13-31)38-23-53-46(55-38)40-21-36(26-60(40)48(62)44(29(3)4)57-50(64)67-6)70-51(65)58-24-34-19-41-42(69-27-68-41)20-35(34)25-58/h10-17,19-20,22-23,28-29,36,39-40,43-44H,7-9,18,21,24-27H2,1-6H3,(H,52,54)(H,53,55)(H,56,63)(H,57,64)/t36-,39-,40?,43-,44-/m0/s1. The molecular weight excluding hydrogens is 899 g/mol. The van der Waals surface area contributed by atoms with Crippen LogP contribution in [0.2, 0.25) is 0 Å². The Morgan fingerprint density at radius 1 is 0.671 bits per heavy atom. The highest BCUT2D eigenvalue weighted by atomic mass is 16.7. The third-order valence-corrected chi connectivity index (χ3v) is 13.6. The molecular formula is C51H59N9O10. The Morgan fingerprint density at radius 3 is 1.66 bits per heavy atom. The summed E-state index contributed by atoms with van der Waals surface area (Å²) in [5, 5.41) is 5.40. The lowest BCUT2D eigenvalue weighted by Crippen LogP contribution is -2.53. The van der Waals surface area contributed by atoms with Gasteiger partial charge in [0, 0.05) is 26.1 Å². The van der Waals surface area contributed by atoms with Gasteiger partial charge in [-0.15, -0.1) is 0 Å². The molecule has 2 saturated heterocycles. The van der Waals surface area contributed by atoms with E-state index in [4.69, 9.17) is 33.7 Å². The second kappa shape index (κ2) is 20.2. The summed E-state index contributed by atoms with van der Waals surface area (Å²) in [5.74, 6) is 1.62. The van der Waals surface area contributed by atoms with Gasteiger partial charge in [-0.3, -0.25) is 14.5 Å². The number of piperidine rings is 1. The number of likely N-dealkylation sites (tertiary alicyclic amines) is 2. The first kappa shape index (κ1) is 47.5. The molecule has 19 nitrogen and oxygen atoms in total. The molecule has 5 atom stereocenters. The maximum absolute atomic E-state index is 14.3. The van der Waals surface area contributed by atoms with Crippen molar-refractivity contribution in [3.63, 3.8) is 0 Å². The minimum atomic E-state index is -0.900. The number of rotatable bonds is 12. The molecule has 1 unspecified atom stereocenters. The Labute approximate surface area is 405 Å². The number of alkyl carbamates (subject to hydrolysis) is 2. The summed E-state index contributed by atoms with van der Waals surface area (Å²) in [7, 11) is 2.53. The van der Waals surface area contributed by atoms with Crippen molar-refractivity contribution in [1.29, 1.82) is 0 Å². The number of fused-ring (bicyclic) bond motifs is 2. The quantitative estimate of drug-likeness (QED) is 0.0895. The van der Waals surface area contributed by atoms with Gasteiger partial charge in [-0.1, -0.05) is 76.2 Å². The maximum atomic E-state index is 14.3. The molecule has 0 radical (unpaired) electrons. The van der Waals surface area contributed by atoms with E-state index in [-0.39, 0.29) is 49.5 Å². The fraction of sp³-hybridized carbons (Fsp3) is 0.431. The number of nitrogens with one attached hydrogen (secondary N) is 4. The average Bonchev–Trinajstić information content (AvgIpc) is 4.24. The molecule has 0 saturated carbocycles. The van der Waals surface area contributed by atoms with Crippen LogP contribution in [0.5, 0.6) is 11.5 Å². The fourth-order valence-electron chi connectivity index (χ4n) is 9.75. The van der Waals surface area contributed by atoms with E-state index in [9.17, 15) is 24.0 Å². The molecule has 9 rings (SSSR count). The summed E-state index contributed by atoms with van der Waals surface area (Å²) in [6, 6.07) is 17.6. The number of aromatic amines is 2. The molecule has 6 heterocycles. The molecule has 4 N–H and O–H groups in total. The highest BCUT2D eigenvalue weighted by Crippen LogP contribution is 2.40. The van der Waals surface area contributed by atoms with Crippen LogP contribution in [0, 0.1) is 11.8 Å². The zero-order chi connectivity index (χ0) is 49.2. The number of H-pyrrole nitrogens is 2. The van der Waals surface area contributed by atoms with Crippen LogP contribution >= 0.6 is 0 Å². The zero-order valence-corrected chi connectivity index (χ0v) is 40.2. The number of hydrogen-bond acceptors (Lipinski definition) is 12. The summed E-state index contributed by atoms with van der Waals surface area (Å²) in [5.41, 5.74) is 7.30. The van der Waals surface area contributed by atoms with E-state index in [0.29, 0.717) is 42.8 Å². The van der Waals surface area contributed by atoms with Crippen molar-refractivity contribution in [2.24, 2.45) is 11.8 Å². The van der Waals surface area contributed by atoms with Gasteiger partial charge in [-0.2, -0.15) is 0 Å². The van der Waals surface area contributed by atoms with Crippen LogP contribution < -0.4 is 20.1 Å². The molecule has 4 aliphatic rings. The summed E-state index contributed by atoms with van der Waals surface area (Å²) in [6.07, 6.45) is 3.87. The van der Waals surface area contributed by atoms with E-state index in [1.54, 1.807) is 22.2 Å². The van der Waals surface area contributed by atoms with E-state index in [1.165, 1.54) is 14.2 Å². The molecule has 2 aromatic heterocycles. The van der Waals surface area contributed by atoms with Crippen molar-refractivity contribution in [3.05, 3.63) is 95.8 Å². The van der Waals surface area contributed by atoms with Crippen LogP contribution in [-0.2, 0) is 36.9 Å². The average molecular weight is 958 g/mol. The molecule has 368 valence electrons. The van der Waals surface area contributed by atoms with Crippen LogP contribution in [0.15, 0.2) is 73.1 Å². The van der Waals surface area contributed by atoms with Crippen molar-refractivity contribution < 1.29 is 47.7 Å². The number of carbonyl (C=O) groups is 5. The molecule has 70 heavy (non-hydrogen) atoms. The molecule has 3 aromatic carbocycles. The third kappa shape index (κ3) is 9.82. The van der Waals surface area contributed by atoms with E-state index in [2.05, 4.69) is 20.6 Å². The van der Waals surface area contributed by atoms with Crippen LogP contribution in [0.25, 0.3) is 33.6 Å². The lowest BCUT2D eigenvalue weighted by Gasteiger charge is -2.37. The molecule has 4 aliphatic heterocycles. The van der Waals surface area contributed by atoms with Gasteiger partial charge in [0.05, 0.1) is 56.6 Å². The Hall–Kier alpha value is -7.57. The molecule has 2 fully saturated rings. The molecule has 5 aromatic rings. The van der Waals surface area contributed by atoms with Gasteiger partial charge >= 0.3 is 18.3 Å². The lowest BCUT2D eigenvalue weighted by molar-refractivity contribution is -0.138. The summed E-state index contributed by atoms with van der Waals surface area (Å²) < 4.78 is 26.8. The topological polar surface area (TPSA) is 223 Å². The smallest absolute Gasteiger partial charge is 0.410 e. The normalized spacial score (nSPS) is 19.2. The van der Waals surface area contributed by atoms with Crippen molar-refractivity contribution in [1.82, 2.24) is 45.3 Å². The van der Waals surface area contributed by atoms with E-state index in [0.717, 1.165) is 64.0 Å². The van der Waals surface area contributed by atoms with Gasteiger partial charge in [0.25, 0.3) is 0 Å². The van der Waals surface area contributed by atoms with Gasteiger partial charge < -0.3 is 54.1 Å². The van der Waals surface area contributed by atoms with E-state index in [1.807, 2.05) is 93.3 Å². The first-order valence-electron chi connectivity index (χ1n) is 23.8. The molecule has 19 heteroatoms. The van der Waals surface area contributed by atoms with Gasteiger partial charge in [0.15, 0.2) is 11.5 Å². The summed E-state index contributed by atoms with van der Waals surface area (Å²) in [4.78, 5) is 87.6. The summed E-state index contributed by atoms with van der Waals surface area (Å²) in [6.45, 7) is 9.01. The van der Waals surface area contributed by atoms with Gasteiger partial charge in [0.1, 0.15) is 29.8 Å². The predicted octanol–water partition coefficient (Wildman–Crippen LogP) is 7.47. The van der Waals surface area contributed by atoms with Gasteiger partial charge in [-0.05, 0) is 76.6 Å². The molecule has 0 aliphatic carbocycles. The first-order chi connectivity index (χ1) is 33.8. The van der Waals surface area contributed by atoms with Gasteiger partial charge in [0.2, 0.25) is 18.6 Å². The number of amides is 5. The molecule has 5 amide bonds. The number of benzene rings is 3. The second-order valence-electron chi connectivity index (χ2n) is 18.9. The second-order valence-corrected chi connectivity index (χ2v) is 18.9. The third-order valence-electron chi connectivity index (χ3n) is 13.6. The number of nitrogens with zero attached hydrogens (tertiary/aromatic N) is 5. The highest BCUT2D eigenvalue weighted by molar-refractivity contribution is 5.87. The van der Waals surface area contributed by atoms with Crippen LogP contribution in [0.1, 0.15) is 88.2 Å². The Bertz CT molecular complexity index is 2700. The predicted molar refractivity (Wildman–Crippen MR) is 255 cm³/mol. The number of methoxy groups -OCH3 is 2. The number of carbonyl (C=O) groups excluding carboxylic acids is 5. The van der Waals surface area contributed by atoms with E-state index >= 15 is 0 Å². The lowest BCUT2D eigenvalue weighted by atomic mass is 9.97. The molecule has 0 bridgehead atoms. The van der Waals surface area contributed by atoms with Crippen molar-refractivity contribution in [3.8, 4) is 45.1 Å². The largest absolute Gasteiger partial charge is 0.454 e.